The molecule has 26 heavy (non-hydrogen) atoms. The van der Waals surface area contributed by atoms with Gasteiger partial charge in [-0.1, -0.05) is 0 Å². The quantitative estimate of drug-likeness (QED) is 0.470. The highest BCUT2D eigenvalue weighted by molar-refractivity contribution is 7.99. The molecule has 0 saturated carbocycles. The molecule has 0 unspecified atom stereocenters. The summed E-state index contributed by atoms with van der Waals surface area (Å²) >= 11 is 0.976. The van der Waals surface area contributed by atoms with Gasteiger partial charge in [0.15, 0.2) is 0 Å². The maximum atomic E-state index is 11.0. The number of nitrogens with zero attached hydrogens (tertiary/aromatic N) is 6. The third-order valence-electron chi connectivity index (χ3n) is 3.26. The molecule has 1 heterocycles. The summed E-state index contributed by atoms with van der Waals surface area (Å²) in [5.74, 6) is 0.658. The maximum absolute atomic E-state index is 11.0. The van der Waals surface area contributed by atoms with Gasteiger partial charge in [0.25, 0.3) is 11.4 Å². The van der Waals surface area contributed by atoms with Crippen molar-refractivity contribution in [2.75, 3.05) is 7.11 Å². The number of tetrazole rings is 1. The Morgan fingerprint density at radius 1 is 1.04 bits per heavy atom. The molecule has 132 valence electrons. The maximum Gasteiger partial charge on any atom is 0.277 e. The van der Waals surface area contributed by atoms with Crippen LogP contribution < -0.4 is 4.74 Å². The van der Waals surface area contributed by atoms with E-state index in [0.29, 0.717) is 16.6 Å². The van der Waals surface area contributed by atoms with E-state index < -0.39 is 9.85 Å². The topological polar surface area (TPSA) is 139 Å². The van der Waals surface area contributed by atoms with Crippen molar-refractivity contribution in [3.8, 4) is 11.4 Å². The first-order valence-electron chi connectivity index (χ1n) is 7.02. The molecular weight excluding hydrogens is 364 g/mol. The Balaban J connectivity index is 1.96. The lowest BCUT2D eigenvalue weighted by molar-refractivity contribution is -0.394. The van der Waals surface area contributed by atoms with E-state index in [1.54, 1.807) is 31.4 Å². The first kappa shape index (κ1) is 17.3. The van der Waals surface area contributed by atoms with E-state index in [-0.39, 0.29) is 16.3 Å². The summed E-state index contributed by atoms with van der Waals surface area (Å²) in [7, 11) is 1.54. The summed E-state index contributed by atoms with van der Waals surface area (Å²) < 4.78 is 6.50. The SMILES string of the molecule is COc1ccc(-n2nnnc2Sc2cc([N+](=O)[O-])cc([N+](=O)[O-])c2)cc1. The fourth-order valence-electron chi connectivity index (χ4n) is 2.07. The van der Waals surface area contributed by atoms with Crippen LogP contribution >= 0.6 is 11.8 Å². The lowest BCUT2D eigenvalue weighted by atomic mass is 10.3. The van der Waals surface area contributed by atoms with Crippen LogP contribution in [0, 0.1) is 20.2 Å². The summed E-state index contributed by atoms with van der Waals surface area (Å²) in [5, 5.41) is 33.6. The predicted molar refractivity (Wildman–Crippen MR) is 89.6 cm³/mol. The van der Waals surface area contributed by atoms with Crippen molar-refractivity contribution in [2.45, 2.75) is 10.1 Å². The monoisotopic (exact) mass is 374 g/mol. The van der Waals surface area contributed by atoms with Crippen LogP contribution in [0.1, 0.15) is 0 Å². The number of hydrogen-bond donors (Lipinski definition) is 0. The molecule has 0 spiro atoms. The zero-order valence-corrected chi connectivity index (χ0v) is 14.0. The number of hydrogen-bond acceptors (Lipinski definition) is 9. The number of nitro benzene ring substituents is 2. The zero-order chi connectivity index (χ0) is 18.7. The number of aromatic nitrogens is 4. The van der Waals surface area contributed by atoms with E-state index in [4.69, 9.17) is 4.74 Å². The number of non-ortho nitro benzene ring substituents is 2. The Kier molecular flexibility index (Phi) is 4.75. The molecule has 0 radical (unpaired) electrons. The standard InChI is InChI=1S/C14H10N6O5S/c1-25-12-4-2-9(3-5-12)18-14(15-16-17-18)26-13-7-10(19(21)22)6-11(8-13)20(23)24/h2-8H,1H3. The second-order valence-electron chi connectivity index (χ2n) is 4.87. The van der Waals surface area contributed by atoms with Gasteiger partial charge in [0.05, 0.1) is 28.7 Å². The molecule has 0 aliphatic carbocycles. The van der Waals surface area contributed by atoms with Crippen molar-refractivity contribution >= 4 is 23.1 Å². The Labute approximate surface area is 149 Å². The van der Waals surface area contributed by atoms with Gasteiger partial charge in [0.2, 0.25) is 5.16 Å². The van der Waals surface area contributed by atoms with Crippen molar-refractivity contribution < 1.29 is 14.6 Å². The first-order valence-corrected chi connectivity index (χ1v) is 7.84. The highest BCUT2D eigenvalue weighted by atomic mass is 32.2. The van der Waals surface area contributed by atoms with Crippen LogP contribution in [-0.4, -0.2) is 37.2 Å². The first-order chi connectivity index (χ1) is 12.5. The van der Waals surface area contributed by atoms with Crippen LogP contribution in [-0.2, 0) is 0 Å². The third kappa shape index (κ3) is 3.59. The highest BCUT2D eigenvalue weighted by Crippen LogP contribution is 2.33. The van der Waals surface area contributed by atoms with E-state index in [9.17, 15) is 20.2 Å². The highest BCUT2D eigenvalue weighted by Gasteiger charge is 2.19. The molecule has 0 N–H and O–H groups in total. The van der Waals surface area contributed by atoms with Gasteiger partial charge in [0, 0.05) is 17.0 Å². The summed E-state index contributed by atoms with van der Waals surface area (Å²) in [6.45, 7) is 0. The summed E-state index contributed by atoms with van der Waals surface area (Å²) in [6.07, 6.45) is 0. The number of nitro groups is 2. The van der Waals surface area contributed by atoms with Crippen LogP contribution in [0.3, 0.4) is 0 Å². The van der Waals surface area contributed by atoms with Crippen LogP contribution in [0.2, 0.25) is 0 Å². The number of ether oxygens (including phenoxy) is 1. The van der Waals surface area contributed by atoms with E-state index in [0.717, 1.165) is 17.8 Å². The van der Waals surface area contributed by atoms with Crippen LogP contribution in [0.25, 0.3) is 5.69 Å². The molecule has 0 aliphatic rings. The Hall–Kier alpha value is -3.54. The van der Waals surface area contributed by atoms with E-state index in [1.807, 2.05) is 0 Å². The van der Waals surface area contributed by atoms with Gasteiger partial charge in [-0.05, 0) is 46.5 Å². The zero-order valence-electron chi connectivity index (χ0n) is 13.2. The van der Waals surface area contributed by atoms with Gasteiger partial charge < -0.3 is 4.74 Å². The van der Waals surface area contributed by atoms with Crippen molar-refractivity contribution in [3.63, 3.8) is 0 Å². The average molecular weight is 374 g/mol. The lowest BCUT2D eigenvalue weighted by Gasteiger charge is -2.05. The van der Waals surface area contributed by atoms with E-state index >= 15 is 0 Å². The molecule has 1 aromatic heterocycles. The summed E-state index contributed by atoms with van der Waals surface area (Å²) in [6, 6.07) is 10.3. The summed E-state index contributed by atoms with van der Waals surface area (Å²) in [5.41, 5.74) is -0.131. The molecule has 2 aromatic carbocycles. The van der Waals surface area contributed by atoms with Crippen molar-refractivity contribution in [1.29, 1.82) is 0 Å². The van der Waals surface area contributed by atoms with Gasteiger partial charge in [-0.2, -0.15) is 4.68 Å². The van der Waals surface area contributed by atoms with E-state index in [1.165, 1.54) is 16.8 Å². The molecule has 0 saturated heterocycles. The van der Waals surface area contributed by atoms with Gasteiger partial charge in [-0.3, -0.25) is 20.2 Å². The van der Waals surface area contributed by atoms with Crippen LogP contribution in [0.5, 0.6) is 5.75 Å². The number of benzene rings is 2. The van der Waals surface area contributed by atoms with Crippen LogP contribution in [0.15, 0.2) is 52.5 Å². The molecule has 11 nitrogen and oxygen atoms in total. The molecule has 12 heteroatoms. The molecule has 3 aromatic rings. The predicted octanol–water partition coefficient (Wildman–Crippen LogP) is 2.64. The van der Waals surface area contributed by atoms with Gasteiger partial charge in [0.1, 0.15) is 5.75 Å². The smallest absolute Gasteiger partial charge is 0.277 e. The number of methoxy groups -OCH3 is 1. The molecule has 0 amide bonds. The molecule has 0 atom stereocenters. The molecule has 3 rings (SSSR count). The minimum atomic E-state index is -0.691. The van der Waals surface area contributed by atoms with E-state index in [2.05, 4.69) is 15.5 Å². The van der Waals surface area contributed by atoms with Crippen LogP contribution in [0.4, 0.5) is 11.4 Å². The van der Waals surface area contributed by atoms with Crippen molar-refractivity contribution in [1.82, 2.24) is 20.2 Å². The largest absolute Gasteiger partial charge is 0.497 e. The van der Waals surface area contributed by atoms with Gasteiger partial charge in [-0.15, -0.1) is 5.10 Å². The van der Waals surface area contributed by atoms with Crippen molar-refractivity contribution in [3.05, 3.63) is 62.7 Å². The van der Waals surface area contributed by atoms with Gasteiger partial charge >= 0.3 is 0 Å². The Morgan fingerprint density at radius 2 is 1.65 bits per heavy atom. The average Bonchev–Trinajstić information content (AvgIpc) is 3.09. The second kappa shape index (κ2) is 7.14. The molecule has 0 aliphatic heterocycles. The fourth-order valence-corrected chi connectivity index (χ4v) is 2.95. The Bertz CT molecular complexity index is 942. The normalized spacial score (nSPS) is 10.5. The summed E-state index contributed by atoms with van der Waals surface area (Å²) in [4.78, 5) is 20.9. The Morgan fingerprint density at radius 3 is 2.19 bits per heavy atom. The van der Waals surface area contributed by atoms with Gasteiger partial charge in [-0.25, -0.2) is 0 Å². The second-order valence-corrected chi connectivity index (χ2v) is 5.91. The lowest BCUT2D eigenvalue weighted by Crippen LogP contribution is -1.99. The minimum absolute atomic E-state index is 0.274. The molecule has 0 bridgehead atoms. The third-order valence-corrected chi connectivity index (χ3v) is 4.17. The molecule has 0 fully saturated rings. The molecular formula is C14H10N6O5S. The van der Waals surface area contributed by atoms with Crippen molar-refractivity contribution in [2.24, 2.45) is 0 Å². The minimum Gasteiger partial charge on any atom is -0.497 e. The fraction of sp³-hybridized carbons (Fsp3) is 0.0714. The number of rotatable bonds is 6.